The Kier molecular flexibility index (Phi) is 7.28. The Morgan fingerprint density at radius 2 is 1.91 bits per heavy atom. The van der Waals surface area contributed by atoms with Gasteiger partial charge in [-0.25, -0.2) is 14.5 Å². The third-order valence-electron chi connectivity index (χ3n) is 5.46. The zero-order valence-corrected chi connectivity index (χ0v) is 21.3. The number of hydrogen-bond donors (Lipinski definition) is 2. The summed E-state index contributed by atoms with van der Waals surface area (Å²) in [7, 11) is 3.20. The molecule has 0 aliphatic carbocycles. The molecule has 2 aromatic carbocycles. The number of anilines is 2. The fourth-order valence-electron chi connectivity index (χ4n) is 3.79. The van der Waals surface area contributed by atoms with Gasteiger partial charge in [-0.1, -0.05) is 37.6 Å². The van der Waals surface area contributed by atoms with Crippen molar-refractivity contribution in [2.24, 2.45) is 0 Å². The molecular weight excluding hydrogens is 488 g/mol. The topological polar surface area (TPSA) is 98.5 Å². The first-order valence-corrected chi connectivity index (χ1v) is 12.2. The van der Waals surface area contributed by atoms with Crippen LogP contribution in [0.1, 0.15) is 34.8 Å². The minimum Gasteiger partial charge on any atom is -0.494 e. The number of methoxy groups -OCH3 is 2. The first-order chi connectivity index (χ1) is 16.9. The summed E-state index contributed by atoms with van der Waals surface area (Å²) in [5, 5.41) is 19.1. The number of carbonyl (C=O) groups is 1. The van der Waals surface area contributed by atoms with E-state index in [1.165, 1.54) is 17.4 Å². The number of aromatic nitrogens is 3. The minimum atomic E-state index is -1.10. The quantitative estimate of drug-likeness (QED) is 0.274. The van der Waals surface area contributed by atoms with Gasteiger partial charge in [-0.2, -0.15) is 5.10 Å². The van der Waals surface area contributed by atoms with Crippen molar-refractivity contribution in [3.05, 3.63) is 63.6 Å². The zero-order chi connectivity index (χ0) is 25.1. The average Bonchev–Trinajstić information content (AvgIpc) is 3.45. The first-order valence-electron chi connectivity index (χ1n) is 11.0. The highest BCUT2D eigenvalue weighted by atomic mass is 35.5. The number of benzene rings is 2. The van der Waals surface area contributed by atoms with E-state index in [9.17, 15) is 9.90 Å². The van der Waals surface area contributed by atoms with Crippen molar-refractivity contribution in [3.8, 4) is 27.9 Å². The highest BCUT2D eigenvalue weighted by Gasteiger charge is 2.26. The van der Waals surface area contributed by atoms with Crippen LogP contribution in [-0.2, 0) is 12.8 Å². The van der Waals surface area contributed by atoms with Gasteiger partial charge in [0.25, 0.3) is 0 Å². The van der Waals surface area contributed by atoms with Gasteiger partial charge in [0.05, 0.1) is 41.6 Å². The van der Waals surface area contributed by atoms with Gasteiger partial charge in [-0.3, -0.25) is 0 Å². The van der Waals surface area contributed by atoms with Crippen molar-refractivity contribution in [1.29, 1.82) is 0 Å². The van der Waals surface area contributed by atoms with Gasteiger partial charge < -0.3 is 19.9 Å². The Hall–Kier alpha value is -3.56. The fourth-order valence-corrected chi connectivity index (χ4v) is 5.00. The second-order valence-corrected chi connectivity index (χ2v) is 9.05. The summed E-state index contributed by atoms with van der Waals surface area (Å²) in [6, 6.07) is 12.2. The molecule has 0 amide bonds. The normalized spacial score (nSPS) is 10.9. The van der Waals surface area contributed by atoms with E-state index < -0.39 is 5.97 Å². The SMILES string of the molecule is CCc1nn(-c2ccccc2OC)c(Nc2ccc(Cl)cc2C(=O)O)c1-c1nc(OC)c(CC)s1. The van der Waals surface area contributed by atoms with Crippen molar-refractivity contribution in [2.45, 2.75) is 26.7 Å². The van der Waals surface area contributed by atoms with E-state index in [1.807, 2.05) is 38.1 Å². The van der Waals surface area contributed by atoms with Crippen molar-refractivity contribution in [2.75, 3.05) is 19.5 Å². The summed E-state index contributed by atoms with van der Waals surface area (Å²) in [6.45, 7) is 4.06. The molecule has 0 aliphatic rings. The number of thiazole rings is 1. The highest BCUT2D eigenvalue weighted by Crippen LogP contribution is 2.42. The van der Waals surface area contributed by atoms with Gasteiger partial charge in [-0.15, -0.1) is 11.3 Å². The predicted octanol–water partition coefficient (Wildman–Crippen LogP) is 6.23. The number of carboxylic acid groups (broad SMARTS) is 1. The van der Waals surface area contributed by atoms with Gasteiger partial charge in [0, 0.05) is 5.02 Å². The van der Waals surface area contributed by atoms with E-state index in [-0.39, 0.29) is 5.56 Å². The molecule has 182 valence electrons. The molecule has 0 spiro atoms. The summed E-state index contributed by atoms with van der Waals surface area (Å²) in [6.07, 6.45) is 1.40. The fraction of sp³-hybridized carbons (Fsp3) is 0.240. The van der Waals surface area contributed by atoms with Gasteiger partial charge in [0.1, 0.15) is 22.3 Å². The van der Waals surface area contributed by atoms with Crippen LogP contribution in [0.25, 0.3) is 16.3 Å². The third-order valence-corrected chi connectivity index (χ3v) is 6.89. The lowest BCUT2D eigenvalue weighted by Crippen LogP contribution is -2.08. The second-order valence-electron chi connectivity index (χ2n) is 7.53. The van der Waals surface area contributed by atoms with E-state index >= 15 is 0 Å². The molecule has 2 aromatic heterocycles. The van der Waals surface area contributed by atoms with Crippen LogP contribution >= 0.6 is 22.9 Å². The molecule has 8 nitrogen and oxygen atoms in total. The summed E-state index contributed by atoms with van der Waals surface area (Å²) in [5.74, 6) is 0.658. The Bertz CT molecular complexity index is 1360. The zero-order valence-electron chi connectivity index (χ0n) is 19.8. The molecule has 10 heteroatoms. The maximum absolute atomic E-state index is 12.0. The van der Waals surface area contributed by atoms with Crippen LogP contribution in [-0.4, -0.2) is 40.1 Å². The summed E-state index contributed by atoms with van der Waals surface area (Å²) < 4.78 is 12.8. The monoisotopic (exact) mass is 512 g/mol. The second kappa shape index (κ2) is 10.4. The smallest absolute Gasteiger partial charge is 0.337 e. The number of hydrogen-bond acceptors (Lipinski definition) is 7. The van der Waals surface area contributed by atoms with E-state index in [0.29, 0.717) is 40.3 Å². The highest BCUT2D eigenvalue weighted by molar-refractivity contribution is 7.15. The lowest BCUT2D eigenvalue weighted by atomic mass is 10.1. The Morgan fingerprint density at radius 1 is 1.14 bits per heavy atom. The van der Waals surface area contributed by atoms with Crippen LogP contribution in [0, 0.1) is 0 Å². The number of aryl methyl sites for hydroxylation is 2. The molecule has 0 saturated heterocycles. The largest absolute Gasteiger partial charge is 0.494 e. The minimum absolute atomic E-state index is 0.0419. The summed E-state index contributed by atoms with van der Waals surface area (Å²) in [5.41, 5.74) is 2.68. The van der Waals surface area contributed by atoms with Crippen molar-refractivity contribution >= 4 is 40.4 Å². The maximum Gasteiger partial charge on any atom is 0.337 e. The van der Waals surface area contributed by atoms with Crippen LogP contribution in [0.15, 0.2) is 42.5 Å². The number of carboxylic acids is 1. The Labute approximate surface area is 212 Å². The predicted molar refractivity (Wildman–Crippen MR) is 138 cm³/mol. The number of halogens is 1. The standard InChI is InChI=1S/C25H25ClN4O4S/c1-5-16-21(24-28-23(34-4)20(6-2)35-24)22(27-17-12-11-14(26)13-15(17)25(31)32)30(29-16)18-9-7-8-10-19(18)33-3/h7-13,27H,5-6H2,1-4H3,(H,31,32). The first kappa shape index (κ1) is 24.6. The van der Waals surface area contributed by atoms with E-state index in [4.69, 9.17) is 31.2 Å². The van der Waals surface area contributed by atoms with Crippen LogP contribution < -0.4 is 14.8 Å². The van der Waals surface area contributed by atoms with Gasteiger partial charge in [-0.05, 0) is 43.2 Å². The number of ether oxygens (including phenoxy) is 2. The van der Waals surface area contributed by atoms with Crippen molar-refractivity contribution in [3.63, 3.8) is 0 Å². The van der Waals surface area contributed by atoms with Gasteiger partial charge >= 0.3 is 5.97 Å². The van der Waals surface area contributed by atoms with Crippen molar-refractivity contribution < 1.29 is 19.4 Å². The van der Waals surface area contributed by atoms with Crippen LogP contribution in [0.4, 0.5) is 11.5 Å². The average molecular weight is 513 g/mol. The molecule has 0 aliphatic heterocycles. The Balaban J connectivity index is 2.01. The lowest BCUT2D eigenvalue weighted by molar-refractivity contribution is 0.0698. The molecule has 4 aromatic rings. The summed E-state index contributed by atoms with van der Waals surface area (Å²) in [4.78, 5) is 17.7. The van der Waals surface area contributed by atoms with E-state index in [2.05, 4.69) is 5.32 Å². The molecule has 4 rings (SSSR count). The van der Waals surface area contributed by atoms with Gasteiger partial charge in [0.15, 0.2) is 0 Å². The molecule has 0 unspecified atom stereocenters. The van der Waals surface area contributed by atoms with Crippen LogP contribution in [0.3, 0.4) is 0 Å². The molecule has 35 heavy (non-hydrogen) atoms. The number of nitrogens with one attached hydrogen (secondary N) is 1. The summed E-state index contributed by atoms with van der Waals surface area (Å²) >= 11 is 7.61. The number of para-hydroxylation sites is 2. The number of aromatic carboxylic acids is 1. The number of rotatable bonds is 9. The lowest BCUT2D eigenvalue weighted by Gasteiger charge is -2.15. The van der Waals surface area contributed by atoms with Crippen LogP contribution in [0.5, 0.6) is 11.6 Å². The molecular formula is C25H25ClN4O4S. The number of nitrogens with zero attached hydrogens (tertiary/aromatic N) is 3. The Morgan fingerprint density at radius 3 is 2.54 bits per heavy atom. The molecule has 0 radical (unpaired) electrons. The third kappa shape index (κ3) is 4.69. The van der Waals surface area contributed by atoms with Gasteiger partial charge in [0.2, 0.25) is 5.88 Å². The molecule has 0 bridgehead atoms. The van der Waals surface area contributed by atoms with E-state index in [1.54, 1.807) is 31.0 Å². The van der Waals surface area contributed by atoms with Crippen LogP contribution in [0.2, 0.25) is 5.02 Å². The van der Waals surface area contributed by atoms with E-state index in [0.717, 1.165) is 27.6 Å². The molecule has 0 fully saturated rings. The molecule has 0 atom stereocenters. The molecule has 0 saturated carbocycles. The van der Waals surface area contributed by atoms with Crippen molar-refractivity contribution in [1.82, 2.24) is 14.8 Å². The molecule has 2 heterocycles. The maximum atomic E-state index is 12.0. The molecule has 2 N–H and O–H groups in total.